The maximum atomic E-state index is 12.4. The number of benzene rings is 1. The molecule has 0 atom stereocenters. The summed E-state index contributed by atoms with van der Waals surface area (Å²) in [6.45, 7) is 0. The number of thiophene rings is 1. The van der Waals surface area contributed by atoms with Gasteiger partial charge in [-0.25, -0.2) is 4.98 Å². The second-order valence-corrected chi connectivity index (χ2v) is 7.41. The van der Waals surface area contributed by atoms with Crippen molar-refractivity contribution in [3.8, 4) is 0 Å². The number of thioether (sulfide) groups is 1. The third-order valence-electron chi connectivity index (χ3n) is 3.54. The molecule has 1 aromatic carbocycles. The van der Waals surface area contributed by atoms with E-state index in [1.54, 1.807) is 37.2 Å². The summed E-state index contributed by atoms with van der Waals surface area (Å²) in [4.78, 5) is 30.6. The Bertz CT molecular complexity index is 967. The van der Waals surface area contributed by atoms with Gasteiger partial charge in [0.1, 0.15) is 4.70 Å². The van der Waals surface area contributed by atoms with Crippen molar-refractivity contribution in [3.05, 3.63) is 51.1 Å². The number of hydrogen-bond acceptors (Lipinski definition) is 5. The Morgan fingerprint density at radius 3 is 2.96 bits per heavy atom. The molecule has 0 bridgehead atoms. The van der Waals surface area contributed by atoms with Gasteiger partial charge in [0.2, 0.25) is 5.91 Å². The highest BCUT2D eigenvalue weighted by Crippen LogP contribution is 2.22. The van der Waals surface area contributed by atoms with Crippen molar-refractivity contribution in [1.82, 2.24) is 9.55 Å². The molecule has 3 rings (SSSR count). The zero-order valence-electron chi connectivity index (χ0n) is 13.0. The van der Waals surface area contributed by atoms with Gasteiger partial charge in [-0.2, -0.15) is 0 Å². The van der Waals surface area contributed by atoms with Gasteiger partial charge in [-0.15, -0.1) is 11.3 Å². The van der Waals surface area contributed by atoms with E-state index in [1.165, 1.54) is 27.7 Å². The summed E-state index contributed by atoms with van der Waals surface area (Å²) in [6, 6.07) is 8.92. The summed E-state index contributed by atoms with van der Waals surface area (Å²) in [5.41, 5.74) is 1.30. The van der Waals surface area contributed by atoms with Crippen molar-refractivity contribution in [2.45, 2.75) is 5.16 Å². The van der Waals surface area contributed by atoms with Crippen LogP contribution in [0.2, 0.25) is 5.02 Å². The van der Waals surface area contributed by atoms with E-state index < -0.39 is 0 Å². The molecule has 24 heavy (non-hydrogen) atoms. The van der Waals surface area contributed by atoms with Crippen LogP contribution in [0.4, 0.5) is 5.69 Å². The molecule has 124 valence electrons. The number of amides is 1. The number of halogens is 1. The molecule has 3 aromatic rings. The first kappa shape index (κ1) is 17.0. The number of carbonyl (C=O) groups excluding carboxylic acids is 1. The number of aromatic nitrogens is 2. The van der Waals surface area contributed by atoms with Crippen molar-refractivity contribution in [2.24, 2.45) is 7.05 Å². The number of anilines is 1. The molecule has 0 aliphatic heterocycles. The molecule has 0 aliphatic rings. The van der Waals surface area contributed by atoms with Crippen LogP contribution >= 0.6 is 34.7 Å². The van der Waals surface area contributed by atoms with E-state index in [9.17, 15) is 9.59 Å². The van der Waals surface area contributed by atoms with E-state index in [1.807, 2.05) is 17.5 Å². The van der Waals surface area contributed by atoms with Crippen LogP contribution in [0.3, 0.4) is 0 Å². The van der Waals surface area contributed by atoms with E-state index >= 15 is 0 Å². The van der Waals surface area contributed by atoms with Crippen molar-refractivity contribution >= 4 is 56.5 Å². The first-order valence-corrected chi connectivity index (χ1v) is 9.31. The molecule has 0 saturated heterocycles. The van der Waals surface area contributed by atoms with E-state index in [-0.39, 0.29) is 17.2 Å². The van der Waals surface area contributed by atoms with Crippen LogP contribution in [-0.2, 0) is 11.8 Å². The summed E-state index contributed by atoms with van der Waals surface area (Å²) in [5.74, 6) is 0.0841. The second-order valence-electron chi connectivity index (χ2n) is 5.11. The van der Waals surface area contributed by atoms with E-state index in [2.05, 4.69) is 4.98 Å². The van der Waals surface area contributed by atoms with Gasteiger partial charge < -0.3 is 4.90 Å². The number of hydrogen-bond donors (Lipinski definition) is 0. The van der Waals surface area contributed by atoms with Crippen LogP contribution in [0.15, 0.2) is 45.7 Å². The molecule has 8 heteroatoms. The maximum absolute atomic E-state index is 12.4. The quantitative estimate of drug-likeness (QED) is 0.515. The Kier molecular flexibility index (Phi) is 4.93. The van der Waals surface area contributed by atoms with Crippen molar-refractivity contribution in [1.29, 1.82) is 0 Å². The summed E-state index contributed by atoms with van der Waals surface area (Å²) >= 11 is 8.58. The number of carbonyl (C=O) groups is 1. The SMILES string of the molecule is CN(C(=O)CSc1nc2ccsc2c(=O)n1C)c1cccc(Cl)c1. The van der Waals surface area contributed by atoms with E-state index in [0.717, 1.165) is 5.69 Å². The van der Waals surface area contributed by atoms with Crippen LogP contribution in [0.25, 0.3) is 10.2 Å². The van der Waals surface area contributed by atoms with Crippen LogP contribution in [0.1, 0.15) is 0 Å². The lowest BCUT2D eigenvalue weighted by atomic mass is 10.3. The van der Waals surface area contributed by atoms with Crippen LogP contribution in [-0.4, -0.2) is 28.3 Å². The zero-order chi connectivity index (χ0) is 17.3. The molecule has 0 saturated carbocycles. The van der Waals surface area contributed by atoms with Crippen LogP contribution in [0.5, 0.6) is 0 Å². The maximum Gasteiger partial charge on any atom is 0.271 e. The lowest BCUT2D eigenvalue weighted by molar-refractivity contribution is -0.115. The molecule has 0 N–H and O–H groups in total. The minimum Gasteiger partial charge on any atom is -0.315 e. The first-order valence-electron chi connectivity index (χ1n) is 7.06. The van der Waals surface area contributed by atoms with Crippen molar-refractivity contribution in [3.63, 3.8) is 0 Å². The van der Waals surface area contributed by atoms with Gasteiger partial charge in [0.15, 0.2) is 5.16 Å². The van der Waals surface area contributed by atoms with E-state index in [0.29, 0.717) is 20.4 Å². The van der Waals surface area contributed by atoms with Crippen LogP contribution in [0, 0.1) is 0 Å². The molecule has 0 unspecified atom stereocenters. The highest BCUT2D eigenvalue weighted by Gasteiger charge is 2.15. The fourth-order valence-corrected chi connectivity index (χ4v) is 4.02. The van der Waals surface area contributed by atoms with Gasteiger partial charge in [0.05, 0.1) is 11.3 Å². The monoisotopic (exact) mass is 379 g/mol. The third-order valence-corrected chi connectivity index (χ3v) is 5.68. The van der Waals surface area contributed by atoms with Gasteiger partial charge in [-0.3, -0.25) is 14.2 Å². The third kappa shape index (κ3) is 3.33. The Balaban J connectivity index is 1.77. The Morgan fingerprint density at radius 2 is 2.21 bits per heavy atom. The highest BCUT2D eigenvalue weighted by molar-refractivity contribution is 7.99. The topological polar surface area (TPSA) is 55.2 Å². The summed E-state index contributed by atoms with van der Waals surface area (Å²) in [5, 5.41) is 2.94. The molecule has 0 radical (unpaired) electrons. The lowest BCUT2D eigenvalue weighted by Crippen LogP contribution is -2.28. The zero-order valence-corrected chi connectivity index (χ0v) is 15.4. The molecule has 1 amide bonds. The molecule has 0 fully saturated rings. The molecule has 5 nitrogen and oxygen atoms in total. The minimum absolute atomic E-state index is 0.0897. The molecular weight excluding hydrogens is 366 g/mol. The molecular formula is C16H14ClN3O2S2. The smallest absolute Gasteiger partial charge is 0.271 e. The normalized spacial score (nSPS) is 11.0. The predicted octanol–water partition coefficient (Wildman–Crippen LogP) is 3.40. The Morgan fingerprint density at radius 1 is 1.42 bits per heavy atom. The van der Waals surface area contributed by atoms with Crippen molar-refractivity contribution < 1.29 is 4.79 Å². The number of rotatable bonds is 4. The number of nitrogens with zero attached hydrogens (tertiary/aromatic N) is 3. The van der Waals surface area contributed by atoms with E-state index in [4.69, 9.17) is 11.6 Å². The summed E-state index contributed by atoms with van der Waals surface area (Å²) in [6.07, 6.45) is 0. The van der Waals surface area contributed by atoms with Gasteiger partial charge in [-0.1, -0.05) is 29.4 Å². The molecule has 0 spiro atoms. The molecule has 2 heterocycles. The first-order chi connectivity index (χ1) is 11.5. The Labute approximate surface area is 151 Å². The Hall–Kier alpha value is -1.83. The standard InChI is InChI=1S/C16H14ClN3O2S2/c1-19(11-5-3-4-10(17)8-11)13(21)9-24-16-18-12-6-7-23-14(12)15(22)20(16)2/h3-8H,9H2,1-2H3. The van der Waals surface area contributed by atoms with Crippen molar-refractivity contribution in [2.75, 3.05) is 17.7 Å². The lowest BCUT2D eigenvalue weighted by Gasteiger charge is -2.17. The second kappa shape index (κ2) is 6.96. The molecule has 2 aromatic heterocycles. The average Bonchev–Trinajstić information content (AvgIpc) is 3.04. The fourth-order valence-electron chi connectivity index (χ4n) is 2.15. The number of fused-ring (bicyclic) bond motifs is 1. The predicted molar refractivity (Wildman–Crippen MR) is 100 cm³/mol. The van der Waals surface area contributed by atoms with Crippen LogP contribution < -0.4 is 10.5 Å². The van der Waals surface area contributed by atoms with Gasteiger partial charge >= 0.3 is 0 Å². The fraction of sp³-hybridized carbons (Fsp3) is 0.188. The summed E-state index contributed by atoms with van der Waals surface area (Å²) in [7, 11) is 3.37. The molecule has 0 aliphatic carbocycles. The van der Waals surface area contributed by atoms with Gasteiger partial charge in [0, 0.05) is 24.8 Å². The highest BCUT2D eigenvalue weighted by atomic mass is 35.5. The van der Waals surface area contributed by atoms with Gasteiger partial charge in [0.25, 0.3) is 5.56 Å². The minimum atomic E-state index is -0.0954. The van der Waals surface area contributed by atoms with Gasteiger partial charge in [-0.05, 0) is 29.6 Å². The largest absolute Gasteiger partial charge is 0.315 e. The summed E-state index contributed by atoms with van der Waals surface area (Å²) < 4.78 is 2.11. The average molecular weight is 380 g/mol.